The van der Waals surface area contributed by atoms with Crippen LogP contribution in [0.4, 0.5) is 23.1 Å². The van der Waals surface area contributed by atoms with Crippen molar-refractivity contribution in [3.63, 3.8) is 0 Å². The molecule has 0 amide bonds. The van der Waals surface area contributed by atoms with Gasteiger partial charge in [-0.25, -0.2) is 0 Å². The van der Waals surface area contributed by atoms with Crippen molar-refractivity contribution in [2.45, 2.75) is 0 Å². The number of nitrogens with zero attached hydrogens (tertiary/aromatic N) is 3. The van der Waals surface area contributed by atoms with Crippen molar-refractivity contribution in [3.8, 4) is 0 Å². The summed E-state index contributed by atoms with van der Waals surface area (Å²) in [4.78, 5) is 17.0. The van der Waals surface area contributed by atoms with Crippen LogP contribution >= 0.6 is 0 Å². The molecule has 0 aliphatic rings. The normalized spacial score (nSPS) is 10.7. The zero-order chi connectivity index (χ0) is 17.2. The average Bonchev–Trinajstić information content (AvgIpc) is 3.04. The molecule has 0 spiro atoms. The Morgan fingerprint density at radius 3 is 2.16 bits per heavy atom. The van der Waals surface area contributed by atoms with Crippen molar-refractivity contribution in [2.75, 3.05) is 16.5 Å². The number of anilines is 4. The van der Waals surface area contributed by atoms with Crippen LogP contribution in [0.5, 0.6) is 0 Å². The molecule has 8 nitrogen and oxygen atoms in total. The largest absolute Gasteiger partial charge is 0.340 e. The Morgan fingerprint density at radius 1 is 0.920 bits per heavy atom. The molecule has 2 aromatic carbocycles. The van der Waals surface area contributed by atoms with Crippen LogP contribution in [0.15, 0.2) is 65.5 Å². The minimum absolute atomic E-state index is 0.210. The first-order valence-corrected chi connectivity index (χ1v) is 7.63. The van der Waals surface area contributed by atoms with E-state index in [9.17, 15) is 4.79 Å². The van der Waals surface area contributed by atoms with Crippen LogP contribution in [0.3, 0.4) is 0 Å². The summed E-state index contributed by atoms with van der Waals surface area (Å²) in [5.41, 5.74) is 1.47. The number of hydrogen-bond donors (Lipinski definition) is 4. The third kappa shape index (κ3) is 2.76. The molecular formula is C17H15N7O. The smallest absolute Gasteiger partial charge is 0.286 e. The molecule has 2 heterocycles. The minimum atomic E-state index is -0.407. The first kappa shape index (κ1) is 14.8. The van der Waals surface area contributed by atoms with Crippen LogP contribution in [0.25, 0.3) is 11.0 Å². The SMILES string of the molecule is Nn1c(Nc2ccccc2)nc2n[nH]c(Nc3ccccc3)c2c1=O. The lowest BCUT2D eigenvalue weighted by Gasteiger charge is -2.09. The molecule has 0 aliphatic heterocycles. The van der Waals surface area contributed by atoms with Gasteiger partial charge in [-0.1, -0.05) is 36.4 Å². The number of aromatic amines is 1. The molecule has 5 N–H and O–H groups in total. The molecule has 0 fully saturated rings. The first-order valence-electron chi connectivity index (χ1n) is 7.63. The van der Waals surface area contributed by atoms with Crippen molar-refractivity contribution in [2.24, 2.45) is 0 Å². The standard InChI is InChI=1S/C17H15N7O/c18-24-16(25)13-14(19-11-7-3-1-4-8-11)22-23-15(13)21-17(24)20-12-9-5-2-6-10-12/h1-10H,18H2,(H3,19,20,21,22,23). The molecule has 0 aliphatic carbocycles. The van der Waals surface area contributed by atoms with Gasteiger partial charge in [-0.2, -0.15) is 14.8 Å². The highest BCUT2D eigenvalue weighted by atomic mass is 16.1. The number of para-hydroxylation sites is 2. The highest BCUT2D eigenvalue weighted by Gasteiger charge is 2.16. The molecule has 0 saturated heterocycles. The van der Waals surface area contributed by atoms with Gasteiger partial charge in [0.05, 0.1) is 0 Å². The maximum Gasteiger partial charge on any atom is 0.286 e. The summed E-state index contributed by atoms with van der Waals surface area (Å²) in [7, 11) is 0. The maximum absolute atomic E-state index is 12.7. The van der Waals surface area contributed by atoms with E-state index in [1.54, 1.807) is 0 Å². The quantitative estimate of drug-likeness (QED) is 0.426. The lowest BCUT2D eigenvalue weighted by atomic mass is 10.3. The van der Waals surface area contributed by atoms with Crippen molar-refractivity contribution in [3.05, 3.63) is 71.0 Å². The van der Waals surface area contributed by atoms with E-state index < -0.39 is 5.56 Å². The summed E-state index contributed by atoms with van der Waals surface area (Å²) in [5.74, 6) is 6.59. The van der Waals surface area contributed by atoms with Crippen molar-refractivity contribution in [1.82, 2.24) is 19.9 Å². The van der Waals surface area contributed by atoms with Crippen molar-refractivity contribution >= 4 is 34.2 Å². The van der Waals surface area contributed by atoms with E-state index in [0.29, 0.717) is 11.2 Å². The third-order valence-corrected chi connectivity index (χ3v) is 3.69. The molecule has 0 bridgehead atoms. The molecule has 2 aromatic heterocycles. The van der Waals surface area contributed by atoms with Gasteiger partial charge < -0.3 is 16.5 Å². The Hall–Kier alpha value is -3.81. The Bertz CT molecular complexity index is 1070. The second-order valence-electron chi connectivity index (χ2n) is 5.39. The second kappa shape index (κ2) is 6.00. The highest BCUT2D eigenvalue weighted by molar-refractivity contribution is 5.89. The molecule has 0 atom stereocenters. The number of aromatic nitrogens is 4. The van der Waals surface area contributed by atoms with Gasteiger partial charge in [0.25, 0.3) is 5.56 Å². The summed E-state index contributed by atoms with van der Waals surface area (Å²) in [6, 6.07) is 18.8. The number of nitrogens with two attached hydrogens (primary N) is 1. The zero-order valence-corrected chi connectivity index (χ0v) is 13.1. The Kier molecular flexibility index (Phi) is 3.55. The molecule has 8 heteroatoms. The van der Waals surface area contributed by atoms with E-state index in [2.05, 4.69) is 25.8 Å². The zero-order valence-electron chi connectivity index (χ0n) is 13.1. The third-order valence-electron chi connectivity index (χ3n) is 3.69. The average molecular weight is 333 g/mol. The van der Waals surface area contributed by atoms with Gasteiger partial charge in [0.15, 0.2) is 5.65 Å². The molecule has 0 saturated carbocycles. The van der Waals surface area contributed by atoms with Gasteiger partial charge in [0, 0.05) is 11.4 Å². The molecule has 0 radical (unpaired) electrons. The van der Waals surface area contributed by atoms with Gasteiger partial charge in [-0.3, -0.25) is 9.89 Å². The van der Waals surface area contributed by atoms with E-state index in [1.807, 2.05) is 60.7 Å². The van der Waals surface area contributed by atoms with Crippen LogP contribution < -0.4 is 22.0 Å². The second-order valence-corrected chi connectivity index (χ2v) is 5.39. The molecule has 124 valence electrons. The number of fused-ring (bicyclic) bond motifs is 1. The number of nitrogens with one attached hydrogen (secondary N) is 3. The number of nitrogen functional groups attached to an aromatic ring is 1. The number of hydrogen-bond acceptors (Lipinski definition) is 6. The van der Waals surface area contributed by atoms with E-state index in [4.69, 9.17) is 5.84 Å². The lowest BCUT2D eigenvalue weighted by molar-refractivity contribution is 0.923. The van der Waals surface area contributed by atoms with Gasteiger partial charge in [-0.15, -0.1) is 0 Å². The van der Waals surface area contributed by atoms with E-state index in [1.165, 1.54) is 0 Å². The summed E-state index contributed by atoms with van der Waals surface area (Å²) in [5, 5.41) is 13.3. The fourth-order valence-electron chi connectivity index (χ4n) is 2.48. The number of benzene rings is 2. The van der Waals surface area contributed by atoms with Gasteiger partial charge in [-0.05, 0) is 24.3 Å². The van der Waals surface area contributed by atoms with E-state index in [-0.39, 0.29) is 11.6 Å². The van der Waals surface area contributed by atoms with Gasteiger partial charge in [0.1, 0.15) is 11.2 Å². The predicted molar refractivity (Wildman–Crippen MR) is 97.7 cm³/mol. The van der Waals surface area contributed by atoms with E-state index in [0.717, 1.165) is 16.1 Å². The molecular weight excluding hydrogens is 318 g/mol. The van der Waals surface area contributed by atoms with Crippen LogP contribution in [0.1, 0.15) is 0 Å². The molecule has 4 aromatic rings. The molecule has 0 unspecified atom stereocenters. The van der Waals surface area contributed by atoms with Crippen molar-refractivity contribution in [1.29, 1.82) is 0 Å². The molecule has 4 rings (SSSR count). The molecule has 25 heavy (non-hydrogen) atoms. The monoisotopic (exact) mass is 333 g/mol. The highest BCUT2D eigenvalue weighted by Crippen LogP contribution is 2.21. The van der Waals surface area contributed by atoms with Crippen LogP contribution in [-0.2, 0) is 0 Å². The topological polar surface area (TPSA) is 114 Å². The van der Waals surface area contributed by atoms with Crippen LogP contribution in [-0.4, -0.2) is 19.9 Å². The Labute approximate surface area is 142 Å². The Morgan fingerprint density at radius 2 is 1.52 bits per heavy atom. The van der Waals surface area contributed by atoms with Crippen LogP contribution in [0.2, 0.25) is 0 Å². The van der Waals surface area contributed by atoms with E-state index >= 15 is 0 Å². The van der Waals surface area contributed by atoms with Crippen molar-refractivity contribution < 1.29 is 0 Å². The predicted octanol–water partition coefficient (Wildman–Crippen LogP) is 2.32. The lowest BCUT2D eigenvalue weighted by Crippen LogP contribution is -2.30. The summed E-state index contributed by atoms with van der Waals surface area (Å²) < 4.78 is 0.973. The minimum Gasteiger partial charge on any atom is -0.340 e. The number of H-pyrrole nitrogens is 1. The summed E-state index contributed by atoms with van der Waals surface area (Å²) >= 11 is 0. The fraction of sp³-hybridized carbons (Fsp3) is 0. The number of rotatable bonds is 4. The first-order chi connectivity index (χ1) is 12.2. The maximum atomic E-state index is 12.7. The Balaban J connectivity index is 1.75. The van der Waals surface area contributed by atoms with Crippen LogP contribution in [0, 0.1) is 0 Å². The van der Waals surface area contributed by atoms with Gasteiger partial charge in [0.2, 0.25) is 5.95 Å². The fourth-order valence-corrected chi connectivity index (χ4v) is 2.48. The summed E-state index contributed by atoms with van der Waals surface area (Å²) in [6.07, 6.45) is 0. The van der Waals surface area contributed by atoms with Gasteiger partial charge >= 0.3 is 0 Å². The summed E-state index contributed by atoms with van der Waals surface area (Å²) in [6.45, 7) is 0.